The van der Waals surface area contributed by atoms with Crippen LogP contribution in [0.15, 0.2) is 18.2 Å². The van der Waals surface area contributed by atoms with Gasteiger partial charge in [-0.3, -0.25) is 4.79 Å². The Morgan fingerprint density at radius 1 is 1.10 bits per heavy atom. The van der Waals surface area contributed by atoms with Gasteiger partial charge in [-0.15, -0.1) is 0 Å². The summed E-state index contributed by atoms with van der Waals surface area (Å²) in [5.41, 5.74) is -0.840. The number of ether oxygens (including phenoxy) is 1. The van der Waals surface area contributed by atoms with Gasteiger partial charge in [0.25, 0.3) is 0 Å². The van der Waals surface area contributed by atoms with Crippen LogP contribution >= 0.6 is 0 Å². The molecule has 2 rings (SSSR count). The van der Waals surface area contributed by atoms with E-state index in [9.17, 15) is 13.6 Å². The fourth-order valence-corrected chi connectivity index (χ4v) is 3.03. The third-order valence-corrected chi connectivity index (χ3v) is 3.94. The van der Waals surface area contributed by atoms with Gasteiger partial charge in [0.15, 0.2) is 11.6 Å². The fraction of sp³-hybridized carbons (Fsp3) is 0.562. The molecular formula is C16H20F2O2. The molecule has 4 heteroatoms. The normalized spacial score (nSPS) is 18.9. The van der Waals surface area contributed by atoms with Crippen molar-refractivity contribution in [3.05, 3.63) is 35.4 Å². The minimum Gasteiger partial charge on any atom is -0.454 e. The van der Waals surface area contributed by atoms with Crippen LogP contribution in [0.2, 0.25) is 0 Å². The maximum atomic E-state index is 14.1. The van der Waals surface area contributed by atoms with E-state index in [2.05, 4.69) is 0 Å². The van der Waals surface area contributed by atoms with Gasteiger partial charge in [-0.25, -0.2) is 8.78 Å². The molecule has 0 bridgehead atoms. The Morgan fingerprint density at radius 3 is 2.30 bits per heavy atom. The van der Waals surface area contributed by atoms with Crippen LogP contribution in [0.3, 0.4) is 0 Å². The number of benzene rings is 1. The van der Waals surface area contributed by atoms with E-state index < -0.39 is 23.2 Å². The highest BCUT2D eigenvalue weighted by molar-refractivity contribution is 5.67. The molecule has 1 fully saturated rings. The SMILES string of the molecule is CC(=O)OC1(c2cccc(F)c2F)CCCCCCC1. The third-order valence-electron chi connectivity index (χ3n) is 3.94. The summed E-state index contributed by atoms with van der Waals surface area (Å²) in [5, 5.41) is 0. The van der Waals surface area contributed by atoms with Crippen LogP contribution in [0.4, 0.5) is 8.78 Å². The zero-order chi connectivity index (χ0) is 14.6. The Bertz CT molecular complexity index is 477. The van der Waals surface area contributed by atoms with Gasteiger partial charge < -0.3 is 4.74 Å². The number of hydrogen-bond acceptors (Lipinski definition) is 2. The Hall–Kier alpha value is -1.45. The lowest BCUT2D eigenvalue weighted by molar-refractivity contribution is -0.161. The van der Waals surface area contributed by atoms with Crippen LogP contribution < -0.4 is 0 Å². The van der Waals surface area contributed by atoms with Crippen molar-refractivity contribution in [1.82, 2.24) is 0 Å². The molecule has 1 aromatic carbocycles. The average molecular weight is 282 g/mol. The van der Waals surface area contributed by atoms with Crippen LogP contribution in [0, 0.1) is 11.6 Å². The maximum absolute atomic E-state index is 14.1. The van der Waals surface area contributed by atoms with E-state index in [1.54, 1.807) is 0 Å². The molecule has 1 saturated carbocycles. The van der Waals surface area contributed by atoms with Gasteiger partial charge in [0.2, 0.25) is 0 Å². The molecule has 1 aliphatic carbocycles. The van der Waals surface area contributed by atoms with Gasteiger partial charge in [-0.2, -0.15) is 0 Å². The molecule has 2 nitrogen and oxygen atoms in total. The second-order valence-corrected chi connectivity index (χ2v) is 5.46. The van der Waals surface area contributed by atoms with Gasteiger partial charge in [-0.1, -0.05) is 31.4 Å². The second kappa shape index (κ2) is 6.33. The summed E-state index contributed by atoms with van der Waals surface area (Å²) < 4.78 is 33.1. The highest BCUT2D eigenvalue weighted by Crippen LogP contribution is 2.40. The number of carbonyl (C=O) groups is 1. The molecule has 0 aromatic heterocycles. The zero-order valence-corrected chi connectivity index (χ0v) is 11.8. The highest BCUT2D eigenvalue weighted by atomic mass is 19.2. The van der Waals surface area contributed by atoms with E-state index in [0.717, 1.165) is 38.2 Å². The molecule has 1 aliphatic rings. The van der Waals surface area contributed by atoms with Gasteiger partial charge in [0.1, 0.15) is 5.60 Å². The molecule has 0 aliphatic heterocycles. The molecule has 0 unspecified atom stereocenters. The number of esters is 1. The van der Waals surface area contributed by atoms with Gasteiger partial charge in [-0.05, 0) is 31.7 Å². The van der Waals surface area contributed by atoms with Crippen molar-refractivity contribution in [3.63, 3.8) is 0 Å². The molecule has 1 aromatic rings. The first-order chi connectivity index (χ1) is 9.55. The van der Waals surface area contributed by atoms with Gasteiger partial charge >= 0.3 is 5.97 Å². The lowest BCUT2D eigenvalue weighted by Crippen LogP contribution is -2.34. The molecule has 0 radical (unpaired) electrons. The van der Waals surface area contributed by atoms with E-state index in [1.165, 1.54) is 19.1 Å². The lowest BCUT2D eigenvalue weighted by Gasteiger charge is -2.35. The highest BCUT2D eigenvalue weighted by Gasteiger charge is 2.38. The van der Waals surface area contributed by atoms with Crippen LogP contribution in [0.5, 0.6) is 0 Å². The van der Waals surface area contributed by atoms with E-state index in [1.807, 2.05) is 0 Å². The molecule has 20 heavy (non-hydrogen) atoms. The molecule has 110 valence electrons. The second-order valence-electron chi connectivity index (χ2n) is 5.46. The van der Waals surface area contributed by atoms with E-state index in [4.69, 9.17) is 4.74 Å². The van der Waals surface area contributed by atoms with Crippen molar-refractivity contribution in [2.75, 3.05) is 0 Å². The van der Waals surface area contributed by atoms with Gasteiger partial charge in [0, 0.05) is 12.5 Å². The first-order valence-corrected chi connectivity index (χ1v) is 7.19. The Balaban J connectivity index is 2.43. The summed E-state index contributed by atoms with van der Waals surface area (Å²) in [5.74, 6) is -2.24. The minimum atomic E-state index is -1.02. The molecule has 0 spiro atoms. The molecule has 0 heterocycles. The summed E-state index contributed by atoms with van der Waals surface area (Å²) >= 11 is 0. The molecule has 0 N–H and O–H groups in total. The summed E-state index contributed by atoms with van der Waals surface area (Å²) in [6.07, 6.45) is 5.99. The van der Waals surface area contributed by atoms with Crippen LogP contribution in [0.25, 0.3) is 0 Å². The molecule has 0 saturated heterocycles. The smallest absolute Gasteiger partial charge is 0.303 e. The summed E-state index contributed by atoms with van der Waals surface area (Å²) in [4.78, 5) is 11.4. The van der Waals surface area contributed by atoms with Crippen molar-refractivity contribution in [3.8, 4) is 0 Å². The van der Waals surface area contributed by atoms with Crippen LogP contribution in [-0.4, -0.2) is 5.97 Å². The van der Waals surface area contributed by atoms with E-state index in [-0.39, 0.29) is 5.56 Å². The monoisotopic (exact) mass is 282 g/mol. The quantitative estimate of drug-likeness (QED) is 0.748. The Kier molecular flexibility index (Phi) is 4.73. The molecule has 0 amide bonds. The average Bonchev–Trinajstić information content (AvgIpc) is 2.36. The van der Waals surface area contributed by atoms with Crippen LogP contribution in [-0.2, 0) is 15.1 Å². The predicted octanol–water partition coefficient (Wildman–Crippen LogP) is 4.47. The molecule has 0 atom stereocenters. The number of carbonyl (C=O) groups excluding carboxylic acids is 1. The Morgan fingerprint density at radius 2 is 1.70 bits per heavy atom. The Labute approximate surface area is 118 Å². The zero-order valence-electron chi connectivity index (χ0n) is 11.8. The van der Waals surface area contributed by atoms with E-state index in [0.29, 0.717) is 12.8 Å². The summed E-state index contributed by atoms with van der Waals surface area (Å²) in [7, 11) is 0. The van der Waals surface area contributed by atoms with Crippen molar-refractivity contribution in [2.45, 2.75) is 57.5 Å². The number of halogens is 2. The lowest BCUT2D eigenvalue weighted by atomic mass is 9.81. The van der Waals surface area contributed by atoms with Crippen molar-refractivity contribution < 1.29 is 18.3 Å². The van der Waals surface area contributed by atoms with Crippen molar-refractivity contribution in [2.24, 2.45) is 0 Å². The number of rotatable bonds is 2. The topological polar surface area (TPSA) is 26.3 Å². The number of hydrogen-bond donors (Lipinski definition) is 0. The van der Waals surface area contributed by atoms with E-state index >= 15 is 0 Å². The first kappa shape index (κ1) is 14.9. The summed E-state index contributed by atoms with van der Waals surface area (Å²) in [6.45, 7) is 1.32. The van der Waals surface area contributed by atoms with Crippen molar-refractivity contribution >= 4 is 5.97 Å². The largest absolute Gasteiger partial charge is 0.454 e. The van der Waals surface area contributed by atoms with Gasteiger partial charge in [0.05, 0.1) is 0 Å². The maximum Gasteiger partial charge on any atom is 0.303 e. The standard InChI is InChI=1S/C16H20F2O2/c1-12(19)20-16(10-5-3-2-4-6-11-16)13-8-7-9-14(17)15(13)18/h7-9H,2-6,10-11H2,1H3. The molecular weight excluding hydrogens is 262 g/mol. The van der Waals surface area contributed by atoms with Crippen LogP contribution in [0.1, 0.15) is 57.4 Å². The third kappa shape index (κ3) is 3.17. The van der Waals surface area contributed by atoms with Crippen molar-refractivity contribution in [1.29, 1.82) is 0 Å². The minimum absolute atomic E-state index is 0.176. The summed E-state index contributed by atoms with van der Waals surface area (Å²) in [6, 6.07) is 4.09. The fourth-order valence-electron chi connectivity index (χ4n) is 3.03. The predicted molar refractivity (Wildman–Crippen MR) is 72.1 cm³/mol. The first-order valence-electron chi connectivity index (χ1n) is 7.19.